The summed E-state index contributed by atoms with van der Waals surface area (Å²) in [6, 6.07) is 137. The molecular weight excluding hydrogens is 1330 g/mol. The quantitative estimate of drug-likeness (QED) is 0.114. The maximum Gasteiger partial charge on any atom is 0.164 e. The summed E-state index contributed by atoms with van der Waals surface area (Å²) < 4.78 is 6.84. The molecule has 0 saturated heterocycles. The molecule has 0 fully saturated rings. The molecule has 8 heteroatoms. The average molecular weight is 1390 g/mol. The van der Waals surface area contributed by atoms with Crippen LogP contribution in [0.15, 0.2) is 376 Å². The van der Waals surface area contributed by atoms with Crippen LogP contribution in [0.1, 0.15) is 11.1 Å². The van der Waals surface area contributed by atoms with E-state index in [-0.39, 0.29) is 0 Å². The van der Waals surface area contributed by atoms with Crippen LogP contribution in [0, 0.1) is 22.7 Å². The zero-order chi connectivity index (χ0) is 72.5. The van der Waals surface area contributed by atoms with E-state index < -0.39 is 0 Å². The van der Waals surface area contributed by atoms with Crippen molar-refractivity contribution in [3.63, 3.8) is 0 Å². The maximum absolute atomic E-state index is 13.4. The smallest absolute Gasteiger partial charge is 0.164 e. The van der Waals surface area contributed by atoms with Gasteiger partial charge in [0.15, 0.2) is 17.5 Å². The summed E-state index contributed by atoms with van der Waals surface area (Å²) in [7, 11) is 0. The summed E-state index contributed by atoms with van der Waals surface area (Å²) in [4.78, 5) is 15.5. The second kappa shape index (κ2) is 26.6. The Labute approximate surface area is 629 Å². The van der Waals surface area contributed by atoms with Crippen LogP contribution in [-0.2, 0) is 0 Å². The topological polar surface area (TPSA) is 101 Å². The zero-order valence-corrected chi connectivity index (χ0v) is 58.9. The van der Waals surface area contributed by atoms with Crippen LogP contribution in [0.25, 0.3) is 195 Å². The summed E-state index contributed by atoms with van der Waals surface area (Å²) in [5.74, 6) is 1.55. The Balaban J connectivity index is 0.967. The number of hydrogen-bond acceptors (Lipinski definition) is 5. The van der Waals surface area contributed by atoms with E-state index in [0.29, 0.717) is 56.8 Å². The number of fused-ring (bicyclic) bond motifs is 9. The van der Waals surface area contributed by atoms with Gasteiger partial charge in [-0.3, -0.25) is 0 Å². The monoisotopic (exact) mass is 1390 g/mol. The Kier molecular flexibility index (Phi) is 15.5. The summed E-state index contributed by atoms with van der Waals surface area (Å²) in [6.07, 6.45) is 0. The molecule has 0 saturated carbocycles. The van der Waals surface area contributed by atoms with Crippen LogP contribution < -0.4 is 0 Å². The van der Waals surface area contributed by atoms with Gasteiger partial charge < -0.3 is 13.7 Å². The largest absolute Gasteiger partial charge is 0.307 e. The van der Waals surface area contributed by atoms with Crippen molar-refractivity contribution in [2.75, 3.05) is 0 Å². The molecule has 20 rings (SSSR count). The van der Waals surface area contributed by atoms with Crippen LogP contribution in [0.3, 0.4) is 0 Å². The van der Waals surface area contributed by atoms with Crippen LogP contribution in [0.5, 0.6) is 0 Å². The third-order valence-electron chi connectivity index (χ3n) is 21.4. The lowest BCUT2D eigenvalue weighted by atomic mass is 9.90. The fourth-order valence-corrected chi connectivity index (χ4v) is 16.2. The predicted octanol–water partition coefficient (Wildman–Crippen LogP) is 25.6. The van der Waals surface area contributed by atoms with Gasteiger partial charge in [0.05, 0.1) is 55.7 Å². The van der Waals surface area contributed by atoms with Gasteiger partial charge in [-0.25, -0.2) is 15.0 Å². The van der Waals surface area contributed by atoms with Gasteiger partial charge in [-0.2, -0.15) is 10.5 Å². The Morgan fingerprint density at radius 2 is 0.376 bits per heavy atom. The molecule has 0 amide bonds. The molecule has 0 bridgehead atoms. The first kappa shape index (κ1) is 63.6. The molecule has 8 nitrogen and oxygen atoms in total. The van der Waals surface area contributed by atoms with Crippen molar-refractivity contribution >= 4 is 65.4 Å². The lowest BCUT2D eigenvalue weighted by Crippen LogP contribution is -2.14. The highest BCUT2D eigenvalue weighted by atomic mass is 15.1. The van der Waals surface area contributed by atoms with Gasteiger partial charge in [0, 0.05) is 54.6 Å². The van der Waals surface area contributed by atoms with Crippen molar-refractivity contribution < 1.29 is 0 Å². The number of benzene rings is 16. The summed E-state index contributed by atoms with van der Waals surface area (Å²) in [6.45, 7) is 0. The van der Waals surface area contributed by atoms with Crippen LogP contribution in [-0.4, -0.2) is 28.7 Å². The fraction of sp³-hybridized carbons (Fsp3) is 0. The summed E-state index contributed by atoms with van der Waals surface area (Å²) >= 11 is 0. The Morgan fingerprint density at radius 1 is 0.183 bits per heavy atom. The molecule has 0 unspecified atom stereocenters. The molecule has 506 valence electrons. The van der Waals surface area contributed by atoms with E-state index in [4.69, 9.17) is 15.0 Å². The van der Waals surface area contributed by atoms with E-state index in [0.717, 1.165) is 149 Å². The molecular formula is C101H62N8. The van der Waals surface area contributed by atoms with Crippen molar-refractivity contribution in [1.82, 2.24) is 28.7 Å². The SMILES string of the molecule is N#Cc1c(-c2ccc(-c3nc(-c4ccccc4)nc(-c4ccccc4)n3)cc2)c(-n2c3ccc(-c4ccccc4)cc3c3cc(-c4ccccc4)ccc32)c(C#N)c(-n2c3ccc(-c4ccccc4)cc3c3cc(-c4ccccc4)ccc32)c1-n1c2ccc(-c3ccccc3)cc2c2cc(-c3ccccc3)ccc21. The average Bonchev–Trinajstić information content (AvgIpc) is 1.56. The van der Waals surface area contributed by atoms with E-state index in [9.17, 15) is 10.5 Å². The van der Waals surface area contributed by atoms with Crippen molar-refractivity contribution in [1.29, 1.82) is 10.5 Å². The summed E-state index contributed by atoms with van der Waals surface area (Å²) in [5, 5.41) is 32.6. The van der Waals surface area contributed by atoms with Gasteiger partial charge in [-0.05, 0) is 145 Å². The van der Waals surface area contributed by atoms with Crippen LogP contribution in [0.2, 0.25) is 0 Å². The molecule has 0 spiro atoms. The first-order valence-electron chi connectivity index (χ1n) is 36.6. The molecule has 4 heterocycles. The summed E-state index contributed by atoms with van der Waals surface area (Å²) in [5.41, 5.74) is 23.8. The molecule has 0 N–H and O–H groups in total. The second-order valence-corrected chi connectivity index (χ2v) is 27.6. The normalized spacial score (nSPS) is 11.5. The van der Waals surface area contributed by atoms with Crippen molar-refractivity contribution in [2.45, 2.75) is 0 Å². The number of hydrogen-bond donors (Lipinski definition) is 0. The first-order chi connectivity index (χ1) is 54.0. The van der Waals surface area contributed by atoms with E-state index >= 15 is 0 Å². The van der Waals surface area contributed by atoms with Gasteiger partial charge in [-0.1, -0.05) is 303 Å². The van der Waals surface area contributed by atoms with Gasteiger partial charge in [0.25, 0.3) is 0 Å². The fourth-order valence-electron chi connectivity index (χ4n) is 16.2. The lowest BCUT2D eigenvalue weighted by Gasteiger charge is -2.26. The Morgan fingerprint density at radius 3 is 0.615 bits per heavy atom. The minimum absolute atomic E-state index is 0.346. The molecule has 0 aliphatic carbocycles. The van der Waals surface area contributed by atoms with E-state index in [1.807, 2.05) is 109 Å². The van der Waals surface area contributed by atoms with Gasteiger partial charge >= 0.3 is 0 Å². The van der Waals surface area contributed by atoms with E-state index in [2.05, 4.69) is 293 Å². The van der Waals surface area contributed by atoms with Crippen LogP contribution >= 0.6 is 0 Å². The predicted molar refractivity (Wildman–Crippen MR) is 447 cm³/mol. The van der Waals surface area contributed by atoms with Gasteiger partial charge in [0.2, 0.25) is 0 Å². The van der Waals surface area contributed by atoms with E-state index in [1.165, 1.54) is 0 Å². The minimum atomic E-state index is 0.346. The van der Waals surface area contributed by atoms with Crippen molar-refractivity contribution in [3.05, 3.63) is 387 Å². The lowest BCUT2D eigenvalue weighted by molar-refractivity contribution is 1.06. The van der Waals surface area contributed by atoms with Crippen molar-refractivity contribution in [3.8, 4) is 141 Å². The molecule has 0 atom stereocenters. The number of nitriles is 2. The zero-order valence-electron chi connectivity index (χ0n) is 58.9. The van der Waals surface area contributed by atoms with Crippen LogP contribution in [0.4, 0.5) is 0 Å². The van der Waals surface area contributed by atoms with Crippen molar-refractivity contribution in [2.24, 2.45) is 0 Å². The second-order valence-electron chi connectivity index (χ2n) is 27.6. The molecule has 4 aromatic heterocycles. The van der Waals surface area contributed by atoms with Gasteiger partial charge in [0.1, 0.15) is 17.7 Å². The number of nitrogens with zero attached hydrogens (tertiary/aromatic N) is 8. The molecule has 109 heavy (non-hydrogen) atoms. The molecule has 16 aromatic carbocycles. The standard InChI is InChI=1S/C101H62N8/c102-63-87-95(71-41-43-74(44-42-71)101-105-99(72-37-21-7-22-38-72)104-100(106-101)73-39-23-8-24-40-73)96(107-89-51-45-75(65-25-9-1-10-26-65)57-81(89)82-58-76(46-52-90(82)107)66-27-11-2-12-28-66)88(64-103)98(109-93-55-49-79(69-33-17-5-18-34-69)61-85(93)86-62-80(50-56-94(86)109)70-35-19-6-20-36-70)97(87)108-91-53-47-77(67-29-13-3-14-30-67)59-83(91)84-60-78(48-54-92(84)108)68-31-15-4-16-32-68/h1-62H. The minimum Gasteiger partial charge on any atom is -0.307 e. The molecule has 20 aromatic rings. The molecule has 0 aliphatic heterocycles. The highest BCUT2D eigenvalue weighted by molar-refractivity contribution is 6.17. The first-order valence-corrected chi connectivity index (χ1v) is 36.6. The Hall–Kier alpha value is -15.1. The maximum atomic E-state index is 13.4. The Bertz CT molecular complexity index is 6690. The number of aromatic nitrogens is 6. The molecule has 0 radical (unpaired) electrons. The highest BCUT2D eigenvalue weighted by Crippen LogP contribution is 2.51. The highest BCUT2D eigenvalue weighted by Gasteiger charge is 2.34. The van der Waals surface area contributed by atoms with Gasteiger partial charge in [-0.15, -0.1) is 0 Å². The number of rotatable bonds is 13. The molecule has 0 aliphatic rings. The van der Waals surface area contributed by atoms with E-state index in [1.54, 1.807) is 0 Å². The third-order valence-corrected chi connectivity index (χ3v) is 21.4. The third kappa shape index (κ3) is 10.9.